The molecule has 0 aliphatic heterocycles. The van der Waals surface area contributed by atoms with Gasteiger partial charge in [0, 0.05) is 65.8 Å². The average molecular weight is 490 g/mol. The fourth-order valence-electron chi connectivity index (χ4n) is 0. The molecule has 4 heteroatoms. The minimum atomic E-state index is 0. The first-order chi connectivity index (χ1) is 0. The molecule has 0 heterocycles. The molecule has 0 aliphatic carbocycles. The molecule has 0 saturated heterocycles. The third kappa shape index (κ3) is 8.83. The Balaban J connectivity index is 0. The van der Waals surface area contributed by atoms with Crippen LogP contribution in [0.4, 0.5) is 0 Å². The van der Waals surface area contributed by atoms with Gasteiger partial charge in [-0.2, -0.15) is 0 Å². The summed E-state index contributed by atoms with van der Waals surface area (Å²) >= 11 is 0. The Morgan fingerprint density at radius 2 is 1.00 bits per heavy atom. The molecule has 0 aliphatic rings. The van der Waals surface area contributed by atoms with Gasteiger partial charge in [-0.05, 0) is 11.0 Å². The first kappa shape index (κ1) is 32.5. The zero-order chi connectivity index (χ0) is 0. The van der Waals surface area contributed by atoms with E-state index in [0.29, 0.717) is 0 Å². The molecule has 0 N–H and O–H groups in total. The van der Waals surface area contributed by atoms with Crippen LogP contribution in [0.2, 0.25) is 0 Å². The van der Waals surface area contributed by atoms with Crippen molar-refractivity contribution in [2.24, 2.45) is 0 Å². The summed E-state index contributed by atoms with van der Waals surface area (Å²) in [6.45, 7) is 0. The van der Waals surface area contributed by atoms with Gasteiger partial charge in [-0.25, -0.2) is 0 Å². The maximum atomic E-state index is 0. The molecular weight excluding hydrogens is 486 g/mol. The molecule has 0 atom stereocenters. The summed E-state index contributed by atoms with van der Waals surface area (Å²) in [5.74, 6) is 0. The summed E-state index contributed by atoms with van der Waals surface area (Å²) in [4.78, 5) is 0. The molecule has 0 aromatic rings. The van der Waals surface area contributed by atoms with E-state index in [2.05, 4.69) is 0 Å². The van der Waals surface area contributed by atoms with Gasteiger partial charge in [0.25, 0.3) is 0 Å². The summed E-state index contributed by atoms with van der Waals surface area (Å²) in [6, 6.07) is 0. The monoisotopic (exact) mass is 490 g/mol. The summed E-state index contributed by atoms with van der Waals surface area (Å²) in [6.07, 6.45) is 0. The molecule has 0 aromatic carbocycles. The molecule has 0 spiro atoms. The Hall–Kier alpha value is 2.39. The second kappa shape index (κ2) is 18.2. The maximum absolute atomic E-state index is 0. The van der Waals surface area contributed by atoms with Crippen molar-refractivity contribution in [1.29, 1.82) is 0 Å². The second-order valence-corrected chi connectivity index (χ2v) is 0. The quantitative estimate of drug-likeness (QED) is 0.365. The topological polar surface area (TPSA) is 0 Å². The van der Waals surface area contributed by atoms with E-state index in [0.717, 1.165) is 0 Å². The Labute approximate surface area is 75.8 Å². The van der Waals surface area contributed by atoms with Gasteiger partial charge < -0.3 is 0 Å². The van der Waals surface area contributed by atoms with Gasteiger partial charge in [0.2, 0.25) is 0 Å². The van der Waals surface area contributed by atoms with Gasteiger partial charge in [0.1, 0.15) is 0 Å². The summed E-state index contributed by atoms with van der Waals surface area (Å²) in [5, 5.41) is 0. The van der Waals surface area contributed by atoms with Crippen LogP contribution in [0.5, 0.6) is 0 Å². The van der Waals surface area contributed by atoms with Gasteiger partial charge in [-0.15, -0.1) is 0 Å². The Bertz CT molecular complexity index is 8.00. The van der Waals surface area contributed by atoms with Gasteiger partial charge in [0.15, 0.2) is 0 Å². The Morgan fingerprint density at radius 1 is 1.00 bits per heavy atom. The first-order valence-electron chi connectivity index (χ1n) is 0. The van der Waals surface area contributed by atoms with Gasteiger partial charge in [0.05, 0.1) is 0 Å². The largest absolute Gasteiger partial charge is 0.0149 e. The molecule has 4 heavy (non-hydrogen) atoms. The van der Waals surface area contributed by atoms with E-state index in [-0.39, 0.29) is 76.8 Å². The van der Waals surface area contributed by atoms with Crippen LogP contribution in [-0.2, 0) is 65.8 Å². The van der Waals surface area contributed by atoms with Crippen LogP contribution in [0.3, 0.4) is 0 Å². The van der Waals surface area contributed by atoms with Crippen molar-refractivity contribution in [3.63, 3.8) is 0 Å². The SMILES string of the molecule is [Nb].[SiH4].[Ta].[W]. The second-order valence-electron chi connectivity index (χ2n) is 0. The molecule has 0 bridgehead atoms. The number of hydrogen-bond donors (Lipinski definition) is 0. The van der Waals surface area contributed by atoms with Crippen molar-refractivity contribution in [3.8, 4) is 0 Å². The Morgan fingerprint density at radius 3 is 1.00 bits per heavy atom. The molecule has 2 radical (unpaired) electrons. The smallest absolute Gasteiger partial charge is 0 e. The van der Waals surface area contributed by atoms with Crippen LogP contribution in [0.1, 0.15) is 0 Å². The molecule has 0 aromatic heterocycles. The fourth-order valence-corrected chi connectivity index (χ4v) is 0. The van der Waals surface area contributed by atoms with Crippen molar-refractivity contribution in [1.82, 2.24) is 0 Å². The van der Waals surface area contributed by atoms with Crippen molar-refractivity contribution < 1.29 is 65.8 Å². The summed E-state index contributed by atoms with van der Waals surface area (Å²) in [5.41, 5.74) is 0. The standard InChI is InChI=1S/Nb.H4Si.Ta.W/h;1H4;;. The number of hydrogen-bond acceptors (Lipinski definition) is 0. The molecule has 0 saturated carbocycles. The van der Waals surface area contributed by atoms with E-state index in [1.165, 1.54) is 0 Å². The molecule has 0 fully saturated rings. The summed E-state index contributed by atoms with van der Waals surface area (Å²) in [7, 11) is 0. The molecule has 0 amide bonds. The third-order valence-corrected chi connectivity index (χ3v) is 0. The third-order valence-electron chi connectivity index (χ3n) is 0. The van der Waals surface area contributed by atoms with Crippen LogP contribution in [-0.4, -0.2) is 11.0 Å². The molecule has 0 nitrogen and oxygen atoms in total. The normalized spacial score (nSPS) is 0. The van der Waals surface area contributed by atoms with Crippen LogP contribution >= 0.6 is 0 Å². The van der Waals surface area contributed by atoms with Crippen molar-refractivity contribution in [2.45, 2.75) is 0 Å². The van der Waals surface area contributed by atoms with E-state index >= 15 is 0 Å². The average Bonchev–Trinajstić information content (AvgIpc) is 0. The molecular formula is H4NbSiTaW. The van der Waals surface area contributed by atoms with Crippen molar-refractivity contribution in [3.05, 3.63) is 0 Å². The molecule has 0 rings (SSSR count). The minimum Gasteiger partial charge on any atom is -0.0149 e. The van der Waals surface area contributed by atoms with Crippen molar-refractivity contribution in [2.75, 3.05) is 0 Å². The van der Waals surface area contributed by atoms with Crippen LogP contribution in [0, 0.1) is 0 Å². The fraction of sp³-hybridized carbons (Fsp3) is 0. The van der Waals surface area contributed by atoms with Crippen LogP contribution in [0.15, 0.2) is 0 Å². The predicted molar refractivity (Wildman–Crippen MR) is 11.3 cm³/mol. The number of rotatable bonds is 0. The van der Waals surface area contributed by atoms with E-state index in [4.69, 9.17) is 0 Å². The minimum absolute atomic E-state index is 0. The van der Waals surface area contributed by atoms with Crippen LogP contribution in [0.25, 0.3) is 0 Å². The van der Waals surface area contributed by atoms with Crippen LogP contribution < -0.4 is 0 Å². The summed E-state index contributed by atoms with van der Waals surface area (Å²) < 4.78 is 0. The van der Waals surface area contributed by atoms with Gasteiger partial charge in [-0.3, -0.25) is 0 Å². The first-order valence-corrected chi connectivity index (χ1v) is 0. The Kier molecular flexibility index (Phi) is 148. The zero-order valence-electron chi connectivity index (χ0n) is 1.30. The zero-order valence-corrected chi connectivity index (χ0v) is 9.65. The van der Waals surface area contributed by atoms with Crippen molar-refractivity contribution >= 4 is 11.0 Å². The van der Waals surface area contributed by atoms with Gasteiger partial charge >= 0.3 is 0 Å². The van der Waals surface area contributed by atoms with Gasteiger partial charge in [-0.1, -0.05) is 0 Å². The molecule has 24 valence electrons. The van der Waals surface area contributed by atoms with E-state index in [1.807, 2.05) is 0 Å². The van der Waals surface area contributed by atoms with E-state index < -0.39 is 0 Å². The predicted octanol–water partition coefficient (Wildman–Crippen LogP) is -1.46. The maximum Gasteiger partial charge on any atom is 0 e. The van der Waals surface area contributed by atoms with E-state index in [9.17, 15) is 0 Å². The van der Waals surface area contributed by atoms with E-state index in [1.54, 1.807) is 0 Å². The molecule has 0 unspecified atom stereocenters.